The second-order valence-corrected chi connectivity index (χ2v) is 10.9. The first-order chi connectivity index (χ1) is 18.3. The van der Waals surface area contributed by atoms with Gasteiger partial charge >= 0.3 is 5.97 Å². The van der Waals surface area contributed by atoms with E-state index in [1.165, 1.54) is 11.1 Å². The fraction of sp³-hybridized carbons (Fsp3) is 0.259. The van der Waals surface area contributed by atoms with E-state index in [1.54, 1.807) is 31.2 Å². The predicted octanol–water partition coefficient (Wildman–Crippen LogP) is 7.18. The van der Waals surface area contributed by atoms with E-state index < -0.39 is 5.97 Å². The Kier molecular flexibility index (Phi) is 7.43. The van der Waals surface area contributed by atoms with Crippen molar-refractivity contribution >= 4 is 62.8 Å². The average Bonchev–Trinajstić information content (AvgIpc) is 3.45. The maximum Gasteiger partial charge on any atom is 0.347 e. The van der Waals surface area contributed by atoms with Gasteiger partial charge in [0.2, 0.25) is 5.91 Å². The fourth-order valence-electron chi connectivity index (χ4n) is 4.34. The van der Waals surface area contributed by atoms with Gasteiger partial charge in [-0.3, -0.25) is 9.69 Å². The largest absolute Gasteiger partial charge is 0.489 e. The third-order valence-corrected chi connectivity index (χ3v) is 7.75. The number of carboxylic acid groups (broad SMARTS) is 1. The minimum Gasteiger partial charge on any atom is -0.489 e. The summed E-state index contributed by atoms with van der Waals surface area (Å²) in [4.78, 5) is 29.7. The first-order valence-electron chi connectivity index (χ1n) is 11.9. The highest BCUT2D eigenvalue weighted by Crippen LogP contribution is 2.45. The average molecular weight is 572 g/mol. The molecular formula is C27H23Cl2N3O5S. The van der Waals surface area contributed by atoms with Crippen LogP contribution < -0.4 is 9.64 Å². The monoisotopic (exact) mass is 571 g/mol. The highest BCUT2D eigenvalue weighted by Gasteiger charge is 2.34. The summed E-state index contributed by atoms with van der Waals surface area (Å²) in [5.74, 6) is 0.445. The SMILES string of the molecule is C=C/C=C(Cl)\C(=C(/C)Cl)c1noc(C2CC2)c1COc1ccc2c(c1)CCC(=O)N2c1ncc(C(=O)O)s1. The van der Waals surface area contributed by atoms with Gasteiger partial charge in [0, 0.05) is 22.9 Å². The Bertz CT molecular complexity index is 1500. The van der Waals surface area contributed by atoms with Crippen molar-refractivity contribution < 1.29 is 24.0 Å². The minimum absolute atomic E-state index is 0.0690. The zero-order valence-electron chi connectivity index (χ0n) is 20.4. The zero-order valence-corrected chi connectivity index (χ0v) is 22.7. The molecule has 1 saturated carbocycles. The number of benzene rings is 1. The lowest BCUT2D eigenvalue weighted by atomic mass is 10.0. The number of aromatic nitrogens is 2. The van der Waals surface area contributed by atoms with E-state index in [-0.39, 0.29) is 29.7 Å². The number of hydrogen-bond donors (Lipinski definition) is 1. The molecule has 0 unspecified atom stereocenters. The van der Waals surface area contributed by atoms with Gasteiger partial charge in [0.05, 0.1) is 22.5 Å². The van der Waals surface area contributed by atoms with Crippen LogP contribution in [0.3, 0.4) is 0 Å². The summed E-state index contributed by atoms with van der Waals surface area (Å²) in [5.41, 5.74) is 3.45. The lowest BCUT2D eigenvalue weighted by Crippen LogP contribution is -2.30. The quantitative estimate of drug-likeness (QED) is 0.271. The molecule has 0 saturated heterocycles. The van der Waals surface area contributed by atoms with Crippen molar-refractivity contribution in [3.8, 4) is 5.75 Å². The topological polar surface area (TPSA) is 106 Å². The summed E-state index contributed by atoms with van der Waals surface area (Å²) in [6, 6.07) is 5.45. The molecule has 1 amide bonds. The molecule has 0 bridgehead atoms. The summed E-state index contributed by atoms with van der Waals surface area (Å²) < 4.78 is 11.9. The number of allylic oxidation sites excluding steroid dienone is 5. The number of hydrogen-bond acceptors (Lipinski definition) is 7. The summed E-state index contributed by atoms with van der Waals surface area (Å²) in [6.07, 6.45) is 7.33. The number of ether oxygens (including phenoxy) is 1. The van der Waals surface area contributed by atoms with Crippen LogP contribution in [0.4, 0.5) is 10.8 Å². The minimum atomic E-state index is -1.08. The molecule has 196 valence electrons. The van der Waals surface area contributed by atoms with Crippen LogP contribution in [0.25, 0.3) is 5.57 Å². The number of nitrogens with zero attached hydrogens (tertiary/aromatic N) is 3. The third kappa shape index (κ3) is 5.14. The molecule has 2 aliphatic rings. The van der Waals surface area contributed by atoms with Gasteiger partial charge in [-0.2, -0.15) is 0 Å². The molecule has 2 aromatic heterocycles. The maximum absolute atomic E-state index is 12.7. The van der Waals surface area contributed by atoms with Gasteiger partial charge in [0.15, 0.2) is 5.13 Å². The molecule has 1 aromatic carbocycles. The number of aromatic carboxylic acids is 1. The number of fused-ring (bicyclic) bond motifs is 1. The molecule has 0 radical (unpaired) electrons. The first-order valence-corrected chi connectivity index (χ1v) is 13.5. The molecule has 5 rings (SSSR count). The number of thiazole rings is 1. The Morgan fingerprint density at radius 3 is 2.79 bits per heavy atom. The molecule has 1 fully saturated rings. The number of aryl methyl sites for hydroxylation is 1. The molecule has 3 aromatic rings. The molecule has 1 aliphatic carbocycles. The number of carboxylic acids is 1. The van der Waals surface area contributed by atoms with Crippen LogP contribution in [0.1, 0.15) is 64.4 Å². The van der Waals surface area contributed by atoms with E-state index >= 15 is 0 Å². The van der Waals surface area contributed by atoms with Crippen molar-refractivity contribution in [2.75, 3.05) is 4.90 Å². The number of amides is 1. The van der Waals surface area contributed by atoms with Gasteiger partial charge in [0.1, 0.15) is 28.7 Å². The fourth-order valence-corrected chi connectivity index (χ4v) is 5.69. The summed E-state index contributed by atoms with van der Waals surface area (Å²) in [7, 11) is 0. The maximum atomic E-state index is 12.7. The van der Waals surface area contributed by atoms with Gasteiger partial charge in [-0.15, -0.1) is 0 Å². The van der Waals surface area contributed by atoms with Crippen molar-refractivity contribution in [1.29, 1.82) is 0 Å². The molecule has 3 heterocycles. The lowest BCUT2D eigenvalue weighted by Gasteiger charge is -2.27. The smallest absolute Gasteiger partial charge is 0.347 e. The van der Waals surface area contributed by atoms with Gasteiger partial charge in [-0.1, -0.05) is 52.4 Å². The Hall–Kier alpha value is -3.40. The number of carbonyl (C=O) groups is 2. The van der Waals surface area contributed by atoms with E-state index in [2.05, 4.69) is 16.7 Å². The van der Waals surface area contributed by atoms with Gasteiger partial charge in [0.25, 0.3) is 0 Å². The highest BCUT2D eigenvalue weighted by molar-refractivity contribution is 7.17. The van der Waals surface area contributed by atoms with Crippen LogP contribution in [0.5, 0.6) is 5.75 Å². The van der Waals surface area contributed by atoms with Crippen molar-refractivity contribution in [2.45, 2.75) is 45.1 Å². The van der Waals surface area contributed by atoms with Gasteiger partial charge < -0.3 is 14.4 Å². The van der Waals surface area contributed by atoms with E-state index in [0.717, 1.165) is 41.1 Å². The summed E-state index contributed by atoms with van der Waals surface area (Å²) in [6.45, 7) is 5.63. The van der Waals surface area contributed by atoms with Crippen molar-refractivity contribution in [1.82, 2.24) is 10.1 Å². The Morgan fingerprint density at radius 2 is 2.13 bits per heavy atom. The van der Waals surface area contributed by atoms with Crippen molar-refractivity contribution in [3.63, 3.8) is 0 Å². The second kappa shape index (κ2) is 10.8. The highest BCUT2D eigenvalue weighted by atomic mass is 35.5. The predicted molar refractivity (Wildman–Crippen MR) is 146 cm³/mol. The normalized spacial score (nSPS) is 16.2. The van der Waals surface area contributed by atoms with Gasteiger partial charge in [-0.25, -0.2) is 9.78 Å². The Morgan fingerprint density at radius 1 is 1.34 bits per heavy atom. The van der Waals surface area contributed by atoms with Gasteiger partial charge in [-0.05, 0) is 56.0 Å². The molecule has 0 atom stereocenters. The van der Waals surface area contributed by atoms with E-state index in [0.29, 0.717) is 44.3 Å². The molecule has 38 heavy (non-hydrogen) atoms. The van der Waals surface area contributed by atoms with Crippen molar-refractivity contribution in [2.24, 2.45) is 0 Å². The van der Waals surface area contributed by atoms with Crippen LogP contribution in [0.2, 0.25) is 0 Å². The van der Waals surface area contributed by atoms with Crippen LogP contribution in [0.15, 0.2) is 57.7 Å². The summed E-state index contributed by atoms with van der Waals surface area (Å²) in [5, 5.41) is 14.7. The van der Waals surface area contributed by atoms with Crippen LogP contribution >= 0.6 is 34.5 Å². The first kappa shape index (κ1) is 26.2. The van der Waals surface area contributed by atoms with E-state index in [1.807, 2.05) is 6.07 Å². The van der Waals surface area contributed by atoms with E-state index in [9.17, 15) is 14.7 Å². The molecule has 0 spiro atoms. The lowest BCUT2D eigenvalue weighted by molar-refractivity contribution is -0.118. The molecule has 1 N–H and O–H groups in total. The Labute approximate surface area is 232 Å². The molecule has 1 aliphatic heterocycles. The Balaban J connectivity index is 1.43. The molecule has 11 heteroatoms. The second-order valence-electron chi connectivity index (χ2n) is 8.93. The third-order valence-electron chi connectivity index (χ3n) is 6.28. The molecular weight excluding hydrogens is 549 g/mol. The van der Waals surface area contributed by atoms with Crippen LogP contribution in [-0.2, 0) is 17.8 Å². The number of anilines is 2. The zero-order chi connectivity index (χ0) is 27.0. The standard InChI is InChI=1S/C27H23Cl2N3O5S/c1-3-4-19(29)23(14(2)28)24-18(25(37-31-24)15-5-6-15)13-36-17-8-9-20-16(11-17)7-10-22(33)32(20)27-30-12-21(38-27)26(34)35/h3-4,8-9,11-12,15H,1,5-7,10,13H2,2H3,(H,34,35)/b19-4+,23-14-. The summed E-state index contributed by atoms with van der Waals surface area (Å²) >= 11 is 13.9. The van der Waals surface area contributed by atoms with E-state index in [4.69, 9.17) is 32.5 Å². The van der Waals surface area contributed by atoms with Crippen molar-refractivity contribution in [3.05, 3.63) is 80.6 Å². The molecule has 8 nitrogen and oxygen atoms in total. The number of halogens is 2. The number of carbonyl (C=O) groups excluding carboxylic acids is 1. The van der Waals surface area contributed by atoms with Crippen LogP contribution in [0, 0.1) is 0 Å². The number of rotatable bonds is 9. The van der Waals surface area contributed by atoms with Crippen LogP contribution in [-0.4, -0.2) is 27.1 Å².